The van der Waals surface area contributed by atoms with Gasteiger partial charge in [0, 0.05) is 49.5 Å². The predicted octanol–water partition coefficient (Wildman–Crippen LogP) is 3.70. The van der Waals surface area contributed by atoms with Gasteiger partial charge in [-0.05, 0) is 67.4 Å². The smallest absolute Gasteiger partial charge is 0.276 e. The minimum absolute atomic E-state index is 0.267. The van der Waals surface area contributed by atoms with Gasteiger partial charge in [-0.1, -0.05) is 6.07 Å². The van der Waals surface area contributed by atoms with Crippen LogP contribution in [0.1, 0.15) is 34.6 Å². The number of carbonyl (C=O) groups is 1. The highest BCUT2D eigenvalue weighted by atomic mass is 16.5. The lowest BCUT2D eigenvalue weighted by Gasteiger charge is -2.26. The second-order valence-corrected chi connectivity index (χ2v) is 9.78. The second-order valence-electron chi connectivity index (χ2n) is 9.78. The molecule has 0 saturated carbocycles. The molecule has 2 aliphatic heterocycles. The first-order valence-corrected chi connectivity index (χ1v) is 12.9. The van der Waals surface area contributed by atoms with Crippen LogP contribution in [0.3, 0.4) is 0 Å². The monoisotopic (exact) mass is 497 g/mol. The van der Waals surface area contributed by atoms with Crippen molar-refractivity contribution in [2.75, 3.05) is 44.7 Å². The standard InChI is InChI=1S/C28H31N7O2/c36-28(31-23-4-5-24(30-17-23)19-34-7-1-2-8-34)27-25-14-21(3-6-26(25)32-33-27)22-13-20(15-29-16-22)18-35-9-11-37-12-10-35/h3-6,13-17H,1-2,7-12,18-19H2,(H,31,36)(H,32,33). The van der Waals surface area contributed by atoms with E-state index in [0.717, 1.165) is 85.8 Å². The van der Waals surface area contributed by atoms with Gasteiger partial charge < -0.3 is 10.1 Å². The molecule has 0 atom stereocenters. The van der Waals surface area contributed by atoms with Gasteiger partial charge in [0.15, 0.2) is 5.69 Å². The maximum absolute atomic E-state index is 13.1. The lowest BCUT2D eigenvalue weighted by Crippen LogP contribution is -2.35. The zero-order valence-electron chi connectivity index (χ0n) is 20.8. The molecule has 190 valence electrons. The molecule has 2 fully saturated rings. The Balaban J connectivity index is 1.17. The lowest BCUT2D eigenvalue weighted by atomic mass is 10.0. The molecule has 2 aliphatic rings. The fourth-order valence-corrected chi connectivity index (χ4v) is 5.07. The Morgan fingerprint density at radius 1 is 0.919 bits per heavy atom. The third-order valence-electron chi connectivity index (χ3n) is 7.08. The molecule has 2 saturated heterocycles. The van der Waals surface area contributed by atoms with E-state index in [0.29, 0.717) is 11.4 Å². The summed E-state index contributed by atoms with van der Waals surface area (Å²) in [5.74, 6) is -0.267. The van der Waals surface area contributed by atoms with Gasteiger partial charge in [-0.2, -0.15) is 5.10 Å². The Morgan fingerprint density at radius 2 is 1.76 bits per heavy atom. The van der Waals surface area contributed by atoms with Crippen LogP contribution in [0.4, 0.5) is 5.69 Å². The van der Waals surface area contributed by atoms with E-state index < -0.39 is 0 Å². The molecule has 2 N–H and O–H groups in total. The van der Waals surface area contributed by atoms with Gasteiger partial charge in [0.1, 0.15) is 0 Å². The highest BCUT2D eigenvalue weighted by molar-refractivity contribution is 6.11. The van der Waals surface area contributed by atoms with Crippen molar-refractivity contribution in [3.8, 4) is 11.1 Å². The molecular formula is C28H31N7O2. The Hall–Kier alpha value is -3.66. The highest BCUT2D eigenvalue weighted by Gasteiger charge is 2.17. The molecule has 37 heavy (non-hydrogen) atoms. The average molecular weight is 498 g/mol. The fourth-order valence-electron chi connectivity index (χ4n) is 5.07. The lowest BCUT2D eigenvalue weighted by molar-refractivity contribution is 0.0341. The van der Waals surface area contributed by atoms with Crippen LogP contribution in [0.15, 0.2) is 55.0 Å². The van der Waals surface area contributed by atoms with E-state index in [9.17, 15) is 4.79 Å². The molecule has 5 heterocycles. The van der Waals surface area contributed by atoms with Crippen LogP contribution in [0.25, 0.3) is 22.0 Å². The van der Waals surface area contributed by atoms with Crippen LogP contribution in [0.5, 0.6) is 0 Å². The van der Waals surface area contributed by atoms with Crippen molar-refractivity contribution in [1.82, 2.24) is 30.0 Å². The number of anilines is 1. The number of pyridine rings is 2. The molecule has 6 rings (SSSR count). The highest BCUT2D eigenvalue weighted by Crippen LogP contribution is 2.26. The summed E-state index contributed by atoms with van der Waals surface area (Å²) in [5.41, 5.74) is 6.00. The van der Waals surface area contributed by atoms with Gasteiger partial charge in [-0.15, -0.1) is 0 Å². The van der Waals surface area contributed by atoms with Gasteiger partial charge in [-0.3, -0.25) is 29.7 Å². The number of H-pyrrole nitrogens is 1. The number of fused-ring (bicyclic) bond motifs is 1. The summed E-state index contributed by atoms with van der Waals surface area (Å²) < 4.78 is 5.46. The topological polar surface area (TPSA) is 99.3 Å². The van der Waals surface area contributed by atoms with Crippen molar-refractivity contribution in [3.05, 3.63) is 71.9 Å². The van der Waals surface area contributed by atoms with Gasteiger partial charge in [0.25, 0.3) is 5.91 Å². The van der Waals surface area contributed by atoms with Crippen LogP contribution in [-0.4, -0.2) is 75.3 Å². The van der Waals surface area contributed by atoms with Gasteiger partial charge in [0.2, 0.25) is 0 Å². The number of amides is 1. The van der Waals surface area contributed by atoms with Crippen LogP contribution in [0.2, 0.25) is 0 Å². The van der Waals surface area contributed by atoms with Crippen molar-refractivity contribution in [1.29, 1.82) is 0 Å². The third kappa shape index (κ3) is 5.53. The molecule has 0 radical (unpaired) electrons. The van der Waals surface area contributed by atoms with Crippen molar-refractivity contribution < 1.29 is 9.53 Å². The Morgan fingerprint density at radius 3 is 2.57 bits per heavy atom. The summed E-state index contributed by atoms with van der Waals surface area (Å²) in [7, 11) is 0. The SMILES string of the molecule is O=C(Nc1ccc(CN2CCCC2)nc1)c1n[nH]c2ccc(-c3cncc(CN4CCOCC4)c3)cc12. The summed E-state index contributed by atoms with van der Waals surface area (Å²) in [6.07, 6.45) is 8.00. The number of rotatable bonds is 7. The van der Waals surface area contributed by atoms with Crippen LogP contribution < -0.4 is 5.32 Å². The average Bonchev–Trinajstić information content (AvgIpc) is 3.60. The number of nitrogens with zero attached hydrogens (tertiary/aromatic N) is 5. The molecular weight excluding hydrogens is 466 g/mol. The third-order valence-corrected chi connectivity index (χ3v) is 7.08. The largest absolute Gasteiger partial charge is 0.379 e. The summed E-state index contributed by atoms with van der Waals surface area (Å²) >= 11 is 0. The quantitative estimate of drug-likeness (QED) is 0.402. The van der Waals surface area contributed by atoms with Gasteiger partial charge in [-0.25, -0.2) is 0 Å². The molecule has 1 aromatic carbocycles. The van der Waals surface area contributed by atoms with Crippen LogP contribution in [0, 0.1) is 0 Å². The Bertz CT molecular complexity index is 1370. The van der Waals surface area contributed by atoms with Crippen LogP contribution in [-0.2, 0) is 17.8 Å². The summed E-state index contributed by atoms with van der Waals surface area (Å²) in [5, 5.41) is 11.0. The molecule has 0 aliphatic carbocycles. The van der Waals surface area contributed by atoms with Crippen molar-refractivity contribution in [2.24, 2.45) is 0 Å². The van der Waals surface area contributed by atoms with Gasteiger partial charge >= 0.3 is 0 Å². The molecule has 9 heteroatoms. The summed E-state index contributed by atoms with van der Waals surface area (Å²) in [6.45, 7) is 7.36. The van der Waals surface area contributed by atoms with E-state index in [4.69, 9.17) is 4.74 Å². The van der Waals surface area contributed by atoms with Gasteiger partial charge in [0.05, 0.1) is 36.3 Å². The van der Waals surface area contributed by atoms with Crippen molar-refractivity contribution in [3.63, 3.8) is 0 Å². The maximum atomic E-state index is 13.1. The molecule has 0 unspecified atom stereocenters. The number of benzene rings is 1. The predicted molar refractivity (Wildman–Crippen MR) is 142 cm³/mol. The maximum Gasteiger partial charge on any atom is 0.276 e. The molecule has 9 nitrogen and oxygen atoms in total. The van der Waals surface area contributed by atoms with E-state index in [1.807, 2.05) is 42.7 Å². The molecule has 0 bridgehead atoms. The number of aromatic amines is 1. The van der Waals surface area contributed by atoms with Crippen molar-refractivity contribution >= 4 is 22.5 Å². The Labute approximate surface area is 215 Å². The minimum atomic E-state index is -0.267. The van der Waals surface area contributed by atoms with E-state index in [2.05, 4.69) is 41.3 Å². The number of nitrogens with one attached hydrogen (secondary N) is 2. The fraction of sp³-hybridized carbons (Fsp3) is 0.357. The number of carbonyl (C=O) groups excluding carboxylic acids is 1. The van der Waals surface area contributed by atoms with E-state index in [1.165, 1.54) is 12.8 Å². The molecule has 3 aromatic heterocycles. The second kappa shape index (κ2) is 10.8. The summed E-state index contributed by atoms with van der Waals surface area (Å²) in [4.78, 5) is 26.9. The number of morpholine rings is 1. The molecule has 4 aromatic rings. The first-order valence-electron chi connectivity index (χ1n) is 12.9. The first kappa shape index (κ1) is 23.7. The molecule has 0 spiro atoms. The van der Waals surface area contributed by atoms with Crippen LogP contribution >= 0.6 is 0 Å². The van der Waals surface area contributed by atoms with E-state index in [-0.39, 0.29) is 5.91 Å². The number of aromatic nitrogens is 4. The number of ether oxygens (including phenoxy) is 1. The zero-order valence-corrected chi connectivity index (χ0v) is 20.8. The number of hydrogen-bond donors (Lipinski definition) is 2. The Kier molecular flexibility index (Phi) is 6.90. The normalized spacial score (nSPS) is 16.9. The number of hydrogen-bond acceptors (Lipinski definition) is 7. The minimum Gasteiger partial charge on any atom is -0.379 e. The number of likely N-dealkylation sites (tertiary alicyclic amines) is 1. The summed E-state index contributed by atoms with van der Waals surface area (Å²) in [6, 6.07) is 12.0. The van der Waals surface area contributed by atoms with Crippen molar-refractivity contribution in [2.45, 2.75) is 25.9 Å². The first-order chi connectivity index (χ1) is 18.2. The van der Waals surface area contributed by atoms with E-state index in [1.54, 1.807) is 6.20 Å². The molecule has 1 amide bonds. The van der Waals surface area contributed by atoms with E-state index >= 15 is 0 Å². The zero-order chi connectivity index (χ0) is 25.0.